The Bertz CT molecular complexity index is 1060. The number of amides is 1. The van der Waals surface area contributed by atoms with Crippen LogP contribution in [0.4, 0.5) is 4.79 Å². The number of methoxy groups -OCH3 is 2. The molecule has 0 radical (unpaired) electrons. The Morgan fingerprint density at radius 1 is 1.09 bits per heavy atom. The number of carbonyl (C=O) groups excluding carboxylic acids is 1. The molecule has 6 rings (SSSR count). The van der Waals surface area contributed by atoms with Gasteiger partial charge < -0.3 is 24.3 Å². The molecule has 0 aromatic heterocycles. The zero-order valence-electron chi connectivity index (χ0n) is 20.4. The van der Waals surface area contributed by atoms with E-state index in [0.717, 1.165) is 66.4 Å². The van der Waals surface area contributed by atoms with Gasteiger partial charge in [0, 0.05) is 23.1 Å². The van der Waals surface area contributed by atoms with Crippen LogP contribution >= 0.6 is 0 Å². The van der Waals surface area contributed by atoms with Crippen molar-refractivity contribution in [2.75, 3.05) is 40.5 Å². The van der Waals surface area contributed by atoms with E-state index in [0.29, 0.717) is 12.5 Å². The Kier molecular flexibility index (Phi) is 6.06. The highest BCUT2D eigenvalue weighted by Gasteiger charge is 2.41. The van der Waals surface area contributed by atoms with Crippen LogP contribution in [0.1, 0.15) is 38.3 Å². The second kappa shape index (κ2) is 9.02. The first-order valence-corrected chi connectivity index (χ1v) is 12.1. The van der Waals surface area contributed by atoms with E-state index in [2.05, 4.69) is 24.1 Å². The zero-order valence-corrected chi connectivity index (χ0v) is 20.4. The lowest BCUT2D eigenvalue weighted by Gasteiger charge is -2.44. The van der Waals surface area contributed by atoms with E-state index in [1.165, 1.54) is 0 Å². The van der Waals surface area contributed by atoms with Crippen LogP contribution in [0.3, 0.4) is 0 Å². The van der Waals surface area contributed by atoms with Gasteiger partial charge in [0.15, 0.2) is 0 Å². The smallest absolute Gasteiger partial charge is 0.407 e. The van der Waals surface area contributed by atoms with Crippen LogP contribution < -0.4 is 19.5 Å². The summed E-state index contributed by atoms with van der Waals surface area (Å²) in [4.78, 5) is 15.4. The number of ether oxygens (including phenoxy) is 4. The van der Waals surface area contributed by atoms with Gasteiger partial charge in [-0.1, -0.05) is 26.0 Å². The summed E-state index contributed by atoms with van der Waals surface area (Å²) < 4.78 is 23.1. The summed E-state index contributed by atoms with van der Waals surface area (Å²) in [6, 6.07) is 11.6. The summed E-state index contributed by atoms with van der Waals surface area (Å²) in [5.41, 5.74) is 2.55. The highest BCUT2D eigenvalue weighted by atomic mass is 16.6. The number of nitrogens with one attached hydrogen (secondary N) is 1. The standard InChI is InChI=1S/C27H34N2O5/c1-27(2)16-33-23-13-18(21-14-19(31-3)6-8-22(21)32-4)5-7-20(23)25(27)28-26(30)34-24-15-29-11-9-17(24)10-12-29/h5-8,13-14,17,24-25H,9-12,15-16H2,1-4H3,(H,28,30)/t24-,25?/m1/s1. The first kappa shape index (κ1) is 22.8. The monoisotopic (exact) mass is 466 g/mol. The fraction of sp³-hybridized carbons (Fsp3) is 0.519. The van der Waals surface area contributed by atoms with Gasteiger partial charge in [-0.3, -0.25) is 4.90 Å². The lowest BCUT2D eigenvalue weighted by atomic mass is 9.78. The number of hydrogen-bond donors (Lipinski definition) is 1. The van der Waals surface area contributed by atoms with Crippen LogP contribution in [0, 0.1) is 11.3 Å². The van der Waals surface area contributed by atoms with Crippen molar-refractivity contribution >= 4 is 6.09 Å². The second-order valence-electron chi connectivity index (χ2n) is 10.3. The molecule has 7 heteroatoms. The molecule has 7 nitrogen and oxygen atoms in total. The summed E-state index contributed by atoms with van der Waals surface area (Å²) in [6.07, 6.45) is 1.86. The van der Waals surface area contributed by atoms with E-state index >= 15 is 0 Å². The minimum absolute atomic E-state index is 0.0205. The van der Waals surface area contributed by atoms with E-state index in [1.54, 1.807) is 14.2 Å². The molecule has 1 N–H and O–H groups in total. The summed E-state index contributed by atoms with van der Waals surface area (Å²) in [5, 5.41) is 3.17. The lowest BCUT2D eigenvalue weighted by Crippen LogP contribution is -2.53. The van der Waals surface area contributed by atoms with Crippen molar-refractivity contribution in [1.29, 1.82) is 0 Å². The van der Waals surface area contributed by atoms with Crippen LogP contribution in [-0.2, 0) is 4.74 Å². The van der Waals surface area contributed by atoms with Gasteiger partial charge in [-0.15, -0.1) is 0 Å². The molecule has 3 saturated heterocycles. The van der Waals surface area contributed by atoms with E-state index < -0.39 is 0 Å². The van der Waals surface area contributed by atoms with Crippen LogP contribution in [0.2, 0.25) is 0 Å². The van der Waals surface area contributed by atoms with Crippen molar-refractivity contribution in [1.82, 2.24) is 10.2 Å². The first-order chi connectivity index (χ1) is 16.4. The fourth-order valence-electron chi connectivity index (χ4n) is 5.48. The molecule has 2 aromatic rings. The number of fused-ring (bicyclic) bond motifs is 4. The molecule has 4 aliphatic heterocycles. The molecule has 34 heavy (non-hydrogen) atoms. The second-order valence-corrected chi connectivity index (χ2v) is 10.3. The molecule has 0 aliphatic carbocycles. The third-order valence-electron chi connectivity index (χ3n) is 7.54. The van der Waals surface area contributed by atoms with E-state index in [-0.39, 0.29) is 23.7 Å². The van der Waals surface area contributed by atoms with Gasteiger partial charge >= 0.3 is 6.09 Å². The predicted molar refractivity (Wildman–Crippen MR) is 130 cm³/mol. The SMILES string of the molecule is COc1ccc(OC)c(-c2ccc3c(c2)OCC(C)(C)C3NC(=O)O[C@@H]2CN3CCC2CC3)c1. The molecule has 2 bridgehead atoms. The summed E-state index contributed by atoms with van der Waals surface area (Å²) >= 11 is 0. The van der Waals surface area contributed by atoms with Gasteiger partial charge in [0.25, 0.3) is 0 Å². The van der Waals surface area contributed by atoms with E-state index in [4.69, 9.17) is 18.9 Å². The molecule has 0 saturated carbocycles. The number of alkyl carbamates (subject to hydrolysis) is 1. The van der Waals surface area contributed by atoms with Gasteiger partial charge in [-0.25, -0.2) is 4.79 Å². The largest absolute Gasteiger partial charge is 0.497 e. The third kappa shape index (κ3) is 4.29. The molecule has 1 unspecified atom stereocenters. The van der Waals surface area contributed by atoms with Crippen molar-refractivity contribution in [2.45, 2.75) is 38.8 Å². The third-order valence-corrected chi connectivity index (χ3v) is 7.54. The van der Waals surface area contributed by atoms with E-state index in [9.17, 15) is 4.79 Å². The van der Waals surface area contributed by atoms with Crippen molar-refractivity contribution in [3.63, 3.8) is 0 Å². The zero-order chi connectivity index (χ0) is 23.9. The van der Waals surface area contributed by atoms with Gasteiger partial charge in [0.2, 0.25) is 0 Å². The minimum Gasteiger partial charge on any atom is -0.497 e. The van der Waals surface area contributed by atoms with Crippen LogP contribution in [-0.4, -0.2) is 57.6 Å². The maximum atomic E-state index is 13.0. The number of piperidine rings is 3. The summed E-state index contributed by atoms with van der Waals surface area (Å²) in [7, 11) is 3.30. The van der Waals surface area contributed by atoms with Crippen molar-refractivity contribution in [3.05, 3.63) is 42.0 Å². The minimum atomic E-state index is -0.344. The number of hydrogen-bond acceptors (Lipinski definition) is 6. The average Bonchev–Trinajstić information content (AvgIpc) is 2.86. The topological polar surface area (TPSA) is 69.3 Å². The van der Waals surface area contributed by atoms with E-state index in [1.807, 2.05) is 36.4 Å². The quantitative estimate of drug-likeness (QED) is 0.692. The number of benzene rings is 2. The van der Waals surface area contributed by atoms with Gasteiger partial charge in [0.05, 0.1) is 26.9 Å². The average molecular weight is 467 g/mol. The molecule has 2 aromatic carbocycles. The highest BCUT2D eigenvalue weighted by Crippen LogP contribution is 2.45. The molecule has 1 amide bonds. The van der Waals surface area contributed by atoms with Crippen molar-refractivity contribution in [2.24, 2.45) is 11.3 Å². The number of nitrogens with zero attached hydrogens (tertiary/aromatic N) is 1. The summed E-state index contributed by atoms with van der Waals surface area (Å²) in [5.74, 6) is 2.75. The van der Waals surface area contributed by atoms with Crippen LogP contribution in [0.25, 0.3) is 11.1 Å². The molecular formula is C27H34N2O5. The summed E-state index contributed by atoms with van der Waals surface area (Å²) in [6.45, 7) is 7.78. The molecule has 182 valence electrons. The molecule has 4 aliphatic rings. The molecule has 0 spiro atoms. The lowest BCUT2D eigenvalue weighted by molar-refractivity contribution is -0.0361. The Labute approximate surface area is 201 Å². The Hall–Kier alpha value is -2.93. The number of carbonyl (C=O) groups is 1. The van der Waals surface area contributed by atoms with Gasteiger partial charge in [-0.05, 0) is 61.7 Å². The Balaban J connectivity index is 1.38. The fourth-order valence-corrected chi connectivity index (χ4v) is 5.48. The Morgan fingerprint density at radius 3 is 2.56 bits per heavy atom. The molecule has 2 atom stereocenters. The highest BCUT2D eigenvalue weighted by molar-refractivity contribution is 5.74. The molecule has 4 heterocycles. The van der Waals surface area contributed by atoms with Gasteiger partial charge in [-0.2, -0.15) is 0 Å². The van der Waals surface area contributed by atoms with Crippen molar-refractivity contribution in [3.8, 4) is 28.4 Å². The van der Waals surface area contributed by atoms with Gasteiger partial charge in [0.1, 0.15) is 23.4 Å². The number of rotatable bonds is 5. The predicted octanol–water partition coefficient (Wildman–Crippen LogP) is 4.65. The molecular weight excluding hydrogens is 432 g/mol. The van der Waals surface area contributed by atoms with Crippen LogP contribution in [0.5, 0.6) is 17.2 Å². The maximum Gasteiger partial charge on any atom is 0.407 e. The normalized spacial score (nSPS) is 26.7. The Morgan fingerprint density at radius 2 is 1.88 bits per heavy atom. The van der Waals surface area contributed by atoms with Crippen molar-refractivity contribution < 1.29 is 23.7 Å². The first-order valence-electron chi connectivity index (χ1n) is 12.1. The van der Waals surface area contributed by atoms with Crippen LogP contribution in [0.15, 0.2) is 36.4 Å². The molecule has 3 fully saturated rings. The maximum absolute atomic E-state index is 13.0.